The van der Waals surface area contributed by atoms with Crippen LogP contribution in [0, 0.1) is 0 Å². The molecule has 2 saturated heterocycles. The first-order valence-corrected chi connectivity index (χ1v) is 6.70. The number of ether oxygens (including phenoxy) is 1. The number of aliphatic imine (C=N–C) groups is 1. The molecular formula is C14H19N3O3. The Bertz CT molecular complexity index is 494. The number of carbonyl (C=O) groups excluding carboxylic acids is 2. The van der Waals surface area contributed by atoms with Crippen LogP contribution in [0.2, 0.25) is 0 Å². The van der Waals surface area contributed by atoms with Crippen molar-refractivity contribution in [1.29, 1.82) is 0 Å². The second kappa shape index (κ2) is 6.36. The third-order valence-electron chi connectivity index (χ3n) is 3.36. The van der Waals surface area contributed by atoms with Crippen molar-refractivity contribution < 1.29 is 14.3 Å². The molecule has 0 bridgehead atoms. The van der Waals surface area contributed by atoms with E-state index in [0.717, 1.165) is 5.71 Å². The molecular weight excluding hydrogens is 258 g/mol. The van der Waals surface area contributed by atoms with Crippen LogP contribution >= 0.6 is 0 Å². The van der Waals surface area contributed by atoms with Gasteiger partial charge in [0.05, 0.1) is 18.4 Å². The van der Waals surface area contributed by atoms with E-state index in [1.54, 1.807) is 11.9 Å². The van der Waals surface area contributed by atoms with E-state index in [1.165, 1.54) is 0 Å². The van der Waals surface area contributed by atoms with Crippen molar-refractivity contribution in [2.75, 3.05) is 20.2 Å². The minimum absolute atomic E-state index is 0.140. The van der Waals surface area contributed by atoms with Gasteiger partial charge in [0.1, 0.15) is 5.76 Å². The van der Waals surface area contributed by atoms with Gasteiger partial charge in [0.2, 0.25) is 5.91 Å². The standard InChI is InChI=1S/C14H19N3O3/c1-3-4-5-11-13(15-2)10(7-9-20-11)17-8-6-12(18)16-14(17)19/h3-5,10H,6-9H2,1-2H3,(H,16,18,19)/b4-3-,11-5+,15-13?. The lowest BCUT2D eigenvalue weighted by atomic mass is 10.0. The van der Waals surface area contributed by atoms with Crippen LogP contribution in [0.3, 0.4) is 0 Å². The molecule has 3 amide bonds. The van der Waals surface area contributed by atoms with Crippen molar-refractivity contribution in [2.45, 2.75) is 25.8 Å². The van der Waals surface area contributed by atoms with Gasteiger partial charge in [-0.3, -0.25) is 15.1 Å². The lowest BCUT2D eigenvalue weighted by molar-refractivity contribution is -0.121. The molecule has 0 aromatic heterocycles. The van der Waals surface area contributed by atoms with Crippen LogP contribution in [0.4, 0.5) is 4.79 Å². The van der Waals surface area contributed by atoms with E-state index in [0.29, 0.717) is 31.8 Å². The molecule has 0 aliphatic carbocycles. The largest absolute Gasteiger partial charge is 0.492 e. The summed E-state index contributed by atoms with van der Waals surface area (Å²) >= 11 is 0. The van der Waals surface area contributed by atoms with Gasteiger partial charge in [-0.1, -0.05) is 12.2 Å². The van der Waals surface area contributed by atoms with Gasteiger partial charge in [0.15, 0.2) is 0 Å². The highest BCUT2D eigenvalue weighted by molar-refractivity contribution is 6.06. The number of nitrogens with one attached hydrogen (secondary N) is 1. The van der Waals surface area contributed by atoms with E-state index in [2.05, 4.69) is 10.3 Å². The number of rotatable bonds is 2. The molecule has 0 saturated carbocycles. The summed E-state index contributed by atoms with van der Waals surface area (Å²) in [5, 5.41) is 2.35. The Balaban J connectivity index is 2.22. The number of allylic oxidation sites excluding steroid dienone is 3. The Kier molecular flexibility index (Phi) is 4.55. The summed E-state index contributed by atoms with van der Waals surface area (Å²) in [6, 6.07) is -0.488. The summed E-state index contributed by atoms with van der Waals surface area (Å²) in [6.07, 6.45) is 6.64. The maximum absolute atomic E-state index is 12.0. The van der Waals surface area contributed by atoms with Gasteiger partial charge in [0.25, 0.3) is 0 Å². The highest BCUT2D eigenvalue weighted by Gasteiger charge is 2.35. The first kappa shape index (κ1) is 14.3. The smallest absolute Gasteiger partial charge is 0.324 e. The van der Waals surface area contributed by atoms with Crippen LogP contribution in [0.15, 0.2) is 29.0 Å². The molecule has 108 valence electrons. The number of carbonyl (C=O) groups is 2. The third-order valence-corrected chi connectivity index (χ3v) is 3.36. The molecule has 0 radical (unpaired) electrons. The fourth-order valence-corrected chi connectivity index (χ4v) is 2.41. The summed E-state index contributed by atoms with van der Waals surface area (Å²) in [6.45, 7) is 2.87. The first-order chi connectivity index (χ1) is 9.67. The number of nitrogens with zero attached hydrogens (tertiary/aromatic N) is 2. The van der Waals surface area contributed by atoms with Crippen LogP contribution in [0.1, 0.15) is 19.8 Å². The van der Waals surface area contributed by atoms with Crippen molar-refractivity contribution in [3.63, 3.8) is 0 Å². The summed E-state index contributed by atoms with van der Waals surface area (Å²) in [7, 11) is 1.69. The van der Waals surface area contributed by atoms with Crippen LogP contribution in [-0.4, -0.2) is 48.8 Å². The normalized spacial score (nSPS) is 28.1. The van der Waals surface area contributed by atoms with Gasteiger partial charge in [-0.15, -0.1) is 0 Å². The number of hydrogen-bond donors (Lipinski definition) is 1. The van der Waals surface area contributed by atoms with Crippen LogP contribution in [0.25, 0.3) is 0 Å². The van der Waals surface area contributed by atoms with Crippen molar-refractivity contribution in [2.24, 2.45) is 4.99 Å². The minimum atomic E-state index is -0.348. The fraction of sp³-hybridized carbons (Fsp3) is 0.500. The highest BCUT2D eigenvalue weighted by Crippen LogP contribution is 2.22. The summed E-state index contributed by atoms with van der Waals surface area (Å²) in [4.78, 5) is 29.1. The molecule has 20 heavy (non-hydrogen) atoms. The first-order valence-electron chi connectivity index (χ1n) is 6.70. The van der Waals surface area contributed by atoms with Gasteiger partial charge in [-0.05, 0) is 13.0 Å². The summed E-state index contributed by atoms with van der Waals surface area (Å²) < 4.78 is 5.61. The van der Waals surface area contributed by atoms with Gasteiger partial charge in [-0.2, -0.15) is 0 Å². The predicted octanol–water partition coefficient (Wildman–Crippen LogP) is 1.25. The number of amides is 3. The summed E-state index contributed by atoms with van der Waals surface area (Å²) in [5.74, 6) is 0.463. The molecule has 2 rings (SSSR count). The van der Waals surface area contributed by atoms with Crippen molar-refractivity contribution in [1.82, 2.24) is 10.2 Å². The van der Waals surface area contributed by atoms with E-state index in [-0.39, 0.29) is 18.0 Å². The quantitative estimate of drug-likeness (QED) is 0.825. The molecule has 1 N–H and O–H groups in total. The SMILES string of the molecule is C/C=C\C=C1\OCCC(N2CCC(=O)NC2=O)C1=NC. The zero-order chi connectivity index (χ0) is 14.5. The topological polar surface area (TPSA) is 71.0 Å². The summed E-state index contributed by atoms with van der Waals surface area (Å²) in [5.41, 5.74) is 0.749. The highest BCUT2D eigenvalue weighted by atomic mass is 16.5. The lowest BCUT2D eigenvalue weighted by Crippen LogP contribution is -2.57. The molecule has 1 atom stereocenters. The molecule has 6 heteroatoms. The van der Waals surface area contributed by atoms with E-state index in [1.807, 2.05) is 25.2 Å². The zero-order valence-electron chi connectivity index (χ0n) is 11.8. The monoisotopic (exact) mass is 277 g/mol. The van der Waals surface area contributed by atoms with E-state index in [9.17, 15) is 9.59 Å². The zero-order valence-corrected chi connectivity index (χ0v) is 11.8. The maximum atomic E-state index is 12.0. The lowest BCUT2D eigenvalue weighted by Gasteiger charge is -2.37. The Morgan fingerprint density at radius 1 is 1.45 bits per heavy atom. The van der Waals surface area contributed by atoms with Crippen LogP contribution in [-0.2, 0) is 9.53 Å². The Morgan fingerprint density at radius 3 is 2.90 bits per heavy atom. The molecule has 1 unspecified atom stereocenters. The molecule has 2 heterocycles. The second-order valence-corrected chi connectivity index (χ2v) is 4.62. The molecule has 2 aliphatic heterocycles. The Hall–Kier alpha value is -2.11. The number of urea groups is 1. The number of imide groups is 1. The maximum Gasteiger partial charge on any atom is 0.324 e. The molecule has 2 aliphatic rings. The van der Waals surface area contributed by atoms with Crippen molar-refractivity contribution >= 4 is 17.6 Å². The third kappa shape index (κ3) is 2.89. The van der Waals surface area contributed by atoms with Gasteiger partial charge < -0.3 is 9.64 Å². The molecule has 6 nitrogen and oxygen atoms in total. The molecule has 0 aromatic rings. The molecule has 2 fully saturated rings. The molecule has 0 aromatic carbocycles. The van der Waals surface area contributed by atoms with E-state index >= 15 is 0 Å². The average molecular weight is 277 g/mol. The number of hydrogen-bond acceptors (Lipinski definition) is 4. The average Bonchev–Trinajstić information content (AvgIpc) is 2.44. The van der Waals surface area contributed by atoms with Gasteiger partial charge in [-0.25, -0.2) is 4.79 Å². The van der Waals surface area contributed by atoms with Gasteiger partial charge >= 0.3 is 6.03 Å². The van der Waals surface area contributed by atoms with Crippen molar-refractivity contribution in [3.05, 3.63) is 24.0 Å². The second-order valence-electron chi connectivity index (χ2n) is 4.62. The van der Waals surface area contributed by atoms with E-state index in [4.69, 9.17) is 4.74 Å². The fourth-order valence-electron chi connectivity index (χ4n) is 2.41. The van der Waals surface area contributed by atoms with Crippen LogP contribution in [0.5, 0.6) is 0 Å². The van der Waals surface area contributed by atoms with Gasteiger partial charge in [0, 0.05) is 26.4 Å². The van der Waals surface area contributed by atoms with E-state index < -0.39 is 0 Å². The molecule has 0 spiro atoms. The predicted molar refractivity (Wildman–Crippen MR) is 75.5 cm³/mol. The minimum Gasteiger partial charge on any atom is -0.492 e. The Labute approximate surface area is 118 Å². The Morgan fingerprint density at radius 2 is 2.25 bits per heavy atom. The van der Waals surface area contributed by atoms with Crippen LogP contribution < -0.4 is 5.32 Å². The van der Waals surface area contributed by atoms with Crippen molar-refractivity contribution in [3.8, 4) is 0 Å².